The van der Waals surface area contributed by atoms with E-state index in [4.69, 9.17) is 14.2 Å². The summed E-state index contributed by atoms with van der Waals surface area (Å²) in [5.41, 5.74) is -0.218. The van der Waals surface area contributed by atoms with Crippen molar-refractivity contribution in [3.05, 3.63) is 0 Å². The third-order valence-corrected chi connectivity index (χ3v) is 11.0. The van der Waals surface area contributed by atoms with Gasteiger partial charge in [-0.05, 0) is 86.4 Å². The molecule has 0 bridgehead atoms. The number of carbonyl (C=O) groups is 3. The minimum Gasteiger partial charge on any atom is -0.463 e. The van der Waals surface area contributed by atoms with Crippen LogP contribution in [0.3, 0.4) is 0 Å². The van der Waals surface area contributed by atoms with Gasteiger partial charge in [-0.3, -0.25) is 14.4 Å². The molecule has 11 atom stereocenters. The molecule has 0 heterocycles. The predicted molar refractivity (Wildman–Crippen MR) is 134 cm³/mol. The van der Waals surface area contributed by atoms with Crippen LogP contribution in [0.25, 0.3) is 0 Å². The molecule has 0 amide bonds. The molecule has 0 aromatic rings. The zero-order valence-electron chi connectivity index (χ0n) is 23.0. The molecule has 4 rings (SSSR count). The summed E-state index contributed by atoms with van der Waals surface area (Å²) in [5, 5.41) is 9.68. The van der Waals surface area contributed by atoms with E-state index < -0.39 is 0 Å². The van der Waals surface area contributed by atoms with E-state index in [0.29, 0.717) is 11.8 Å². The normalized spacial score (nSPS) is 44.4. The predicted octanol–water partition coefficient (Wildman–Crippen LogP) is 4.68. The van der Waals surface area contributed by atoms with E-state index >= 15 is 0 Å². The van der Waals surface area contributed by atoms with Crippen LogP contribution in [0.1, 0.15) is 92.9 Å². The molecule has 0 spiro atoms. The number of fused-ring (bicyclic) bond motifs is 5. The highest BCUT2D eigenvalue weighted by Gasteiger charge is 2.67. The molecule has 4 aliphatic rings. The molecule has 4 saturated carbocycles. The van der Waals surface area contributed by atoms with Crippen molar-refractivity contribution in [3.63, 3.8) is 0 Å². The molecule has 4 fully saturated rings. The monoisotopic (exact) mass is 506 g/mol. The zero-order chi connectivity index (χ0) is 26.4. The first-order chi connectivity index (χ1) is 16.9. The van der Waals surface area contributed by atoms with Crippen molar-refractivity contribution in [2.24, 2.45) is 46.3 Å². The largest absolute Gasteiger partial charge is 0.463 e. The van der Waals surface area contributed by atoms with Gasteiger partial charge in [0, 0.05) is 38.7 Å². The first kappa shape index (κ1) is 27.4. The average Bonchev–Trinajstić information content (AvgIpc) is 3.12. The highest BCUT2D eigenvalue weighted by atomic mass is 16.6. The molecular formula is C29H46O7. The Hall–Kier alpha value is -1.63. The summed E-state index contributed by atoms with van der Waals surface area (Å²) < 4.78 is 17.9. The molecule has 7 heteroatoms. The zero-order valence-corrected chi connectivity index (χ0v) is 23.0. The molecular weight excluding hydrogens is 460 g/mol. The van der Waals surface area contributed by atoms with Gasteiger partial charge in [-0.15, -0.1) is 0 Å². The second-order valence-corrected chi connectivity index (χ2v) is 12.8. The fourth-order valence-corrected chi connectivity index (χ4v) is 9.52. The van der Waals surface area contributed by atoms with Crippen LogP contribution >= 0.6 is 0 Å². The van der Waals surface area contributed by atoms with Crippen molar-refractivity contribution in [3.8, 4) is 0 Å². The summed E-state index contributed by atoms with van der Waals surface area (Å²) in [6.45, 7) is 11.5. The maximum absolute atomic E-state index is 12.3. The van der Waals surface area contributed by atoms with E-state index in [1.807, 2.05) is 0 Å². The lowest BCUT2D eigenvalue weighted by atomic mass is 9.43. The standard InChI is InChI=1S/C29H46O7/c1-16(10-12-30)22-7-8-23-27-24(15-26(29(22,23)6)36-19(4)33)28(5)11-9-21(34-17(2)31)13-20(28)14-25(27)35-18(3)32/h16,20-27,30H,7-15H2,1-6H3/t16-,20+,21-,22-,23+,24+,25-,26+,27+,28+,29-/m1/s1. The van der Waals surface area contributed by atoms with Crippen molar-refractivity contribution in [1.29, 1.82) is 0 Å². The molecule has 0 saturated heterocycles. The molecule has 0 unspecified atom stereocenters. The van der Waals surface area contributed by atoms with Crippen LogP contribution in [0, 0.1) is 46.3 Å². The molecule has 0 aliphatic heterocycles. The molecule has 4 aliphatic carbocycles. The molecule has 204 valence electrons. The fraction of sp³-hybridized carbons (Fsp3) is 0.897. The molecule has 0 aromatic carbocycles. The Balaban J connectivity index is 1.73. The minimum atomic E-state index is -0.248. The van der Waals surface area contributed by atoms with Gasteiger partial charge >= 0.3 is 17.9 Å². The van der Waals surface area contributed by atoms with Gasteiger partial charge < -0.3 is 19.3 Å². The smallest absolute Gasteiger partial charge is 0.302 e. The summed E-state index contributed by atoms with van der Waals surface area (Å²) in [5.74, 6) is 0.936. The third kappa shape index (κ3) is 4.69. The van der Waals surface area contributed by atoms with Gasteiger partial charge in [0.15, 0.2) is 0 Å². The van der Waals surface area contributed by atoms with Crippen molar-refractivity contribution in [1.82, 2.24) is 0 Å². The van der Waals surface area contributed by atoms with Crippen LogP contribution in [0.4, 0.5) is 0 Å². The summed E-state index contributed by atoms with van der Waals surface area (Å²) in [6.07, 6.45) is 6.43. The van der Waals surface area contributed by atoms with Gasteiger partial charge in [-0.25, -0.2) is 0 Å². The number of rotatable bonds is 6. The van der Waals surface area contributed by atoms with Crippen molar-refractivity contribution < 1.29 is 33.7 Å². The maximum Gasteiger partial charge on any atom is 0.302 e. The van der Waals surface area contributed by atoms with Crippen LogP contribution in [-0.2, 0) is 28.6 Å². The van der Waals surface area contributed by atoms with Crippen molar-refractivity contribution in [2.45, 2.75) is 111 Å². The number of esters is 3. The number of hydrogen-bond donors (Lipinski definition) is 1. The Morgan fingerprint density at radius 1 is 0.889 bits per heavy atom. The van der Waals surface area contributed by atoms with Crippen LogP contribution < -0.4 is 0 Å². The highest BCUT2D eigenvalue weighted by Crippen LogP contribution is 2.69. The highest BCUT2D eigenvalue weighted by molar-refractivity contribution is 5.67. The van der Waals surface area contributed by atoms with E-state index in [9.17, 15) is 19.5 Å². The first-order valence-electron chi connectivity index (χ1n) is 14.0. The number of hydrogen-bond acceptors (Lipinski definition) is 7. The number of aliphatic hydroxyl groups is 1. The van der Waals surface area contributed by atoms with Gasteiger partial charge in [0.1, 0.15) is 18.3 Å². The molecule has 36 heavy (non-hydrogen) atoms. The molecule has 1 N–H and O–H groups in total. The van der Waals surface area contributed by atoms with Gasteiger partial charge in [0.25, 0.3) is 0 Å². The fourth-order valence-electron chi connectivity index (χ4n) is 9.52. The summed E-state index contributed by atoms with van der Waals surface area (Å²) in [6, 6.07) is 0. The maximum atomic E-state index is 12.3. The Morgan fingerprint density at radius 3 is 2.17 bits per heavy atom. The summed E-state index contributed by atoms with van der Waals surface area (Å²) in [4.78, 5) is 36.3. The Labute approximate surface area is 216 Å². The minimum absolute atomic E-state index is 0.00644. The lowest BCUT2D eigenvalue weighted by molar-refractivity contribution is -0.224. The van der Waals surface area contributed by atoms with E-state index in [0.717, 1.165) is 51.4 Å². The Morgan fingerprint density at radius 2 is 1.56 bits per heavy atom. The quantitative estimate of drug-likeness (QED) is 0.412. The van der Waals surface area contributed by atoms with Crippen LogP contribution in [0.15, 0.2) is 0 Å². The number of carbonyl (C=O) groups excluding carboxylic acids is 3. The van der Waals surface area contributed by atoms with E-state index in [1.165, 1.54) is 20.8 Å². The molecule has 0 radical (unpaired) electrons. The SMILES string of the molecule is CC(=O)O[C@@H]1CC[C@@]2(C)[C@@H](C1)C[C@@H](OC(C)=O)[C@@H]1[C@@H]2C[C@H](OC(C)=O)[C@]2(C)[C@@H]([C@H](C)CCO)CC[C@@H]12. The average molecular weight is 507 g/mol. The van der Waals surface area contributed by atoms with Crippen LogP contribution in [-0.4, -0.2) is 47.9 Å². The molecule has 0 aromatic heterocycles. The Bertz CT molecular complexity index is 857. The van der Waals surface area contributed by atoms with Crippen molar-refractivity contribution >= 4 is 17.9 Å². The third-order valence-electron chi connectivity index (χ3n) is 11.0. The van der Waals surface area contributed by atoms with Gasteiger partial charge in [0.05, 0.1) is 0 Å². The van der Waals surface area contributed by atoms with E-state index in [1.54, 1.807) is 0 Å². The van der Waals surface area contributed by atoms with Gasteiger partial charge in [-0.2, -0.15) is 0 Å². The van der Waals surface area contributed by atoms with Gasteiger partial charge in [-0.1, -0.05) is 20.8 Å². The second kappa shape index (κ2) is 10.3. The van der Waals surface area contributed by atoms with E-state index in [2.05, 4.69) is 20.8 Å². The van der Waals surface area contributed by atoms with E-state index in [-0.39, 0.29) is 77.3 Å². The Kier molecular flexibility index (Phi) is 7.81. The topological polar surface area (TPSA) is 99.1 Å². The molecule has 7 nitrogen and oxygen atoms in total. The first-order valence-corrected chi connectivity index (χ1v) is 14.0. The summed E-state index contributed by atoms with van der Waals surface area (Å²) >= 11 is 0. The number of aliphatic hydroxyl groups excluding tert-OH is 1. The lowest BCUT2D eigenvalue weighted by Gasteiger charge is -2.64. The van der Waals surface area contributed by atoms with Crippen molar-refractivity contribution in [2.75, 3.05) is 6.61 Å². The van der Waals surface area contributed by atoms with Crippen LogP contribution in [0.5, 0.6) is 0 Å². The lowest BCUT2D eigenvalue weighted by Crippen LogP contribution is -2.63. The number of ether oxygens (including phenoxy) is 3. The van der Waals surface area contributed by atoms with Gasteiger partial charge in [0.2, 0.25) is 0 Å². The summed E-state index contributed by atoms with van der Waals surface area (Å²) in [7, 11) is 0. The second-order valence-electron chi connectivity index (χ2n) is 12.8. The van der Waals surface area contributed by atoms with Crippen LogP contribution in [0.2, 0.25) is 0 Å².